The number of aliphatic imine (C=N–C) groups is 1. The van der Waals surface area contributed by atoms with Crippen LogP contribution in [-0.2, 0) is 5.41 Å². The second-order valence-corrected chi connectivity index (χ2v) is 11.5. The molecule has 0 aromatic heterocycles. The Hall–Kier alpha value is -6.50. The molecule has 0 aliphatic heterocycles. The Kier molecular flexibility index (Phi) is 8.58. The number of nitriles is 3. The van der Waals surface area contributed by atoms with E-state index in [1.54, 1.807) is 0 Å². The van der Waals surface area contributed by atoms with Crippen LogP contribution >= 0.6 is 0 Å². The van der Waals surface area contributed by atoms with E-state index < -0.39 is 163 Å². The Morgan fingerprint density at radius 3 is 1.29 bits per heavy atom. The lowest BCUT2D eigenvalue weighted by molar-refractivity contribution is -0.288. The molecule has 0 spiro atoms. The Bertz CT molecular complexity index is 3100. The fourth-order valence-electron chi connectivity index (χ4n) is 6.90. The van der Waals surface area contributed by atoms with E-state index in [4.69, 9.17) is 10.5 Å². The summed E-state index contributed by atoms with van der Waals surface area (Å²) in [7, 11) is 0.751. The molecule has 0 saturated carbocycles. The van der Waals surface area contributed by atoms with Crippen LogP contribution in [0.2, 0.25) is 0 Å². The maximum Gasteiger partial charge on any atom is 0.411 e. The van der Waals surface area contributed by atoms with Gasteiger partial charge in [0.25, 0.3) is 0 Å². The first kappa shape index (κ1) is 39.2. The highest BCUT2D eigenvalue weighted by molar-refractivity contribution is 6.10. The Balaban J connectivity index is 2.12. The molecule has 0 bridgehead atoms. The summed E-state index contributed by atoms with van der Waals surface area (Å²) in [5.74, 6) is -35.7. The van der Waals surface area contributed by atoms with E-state index in [-0.39, 0.29) is 6.21 Å². The van der Waals surface area contributed by atoms with Gasteiger partial charge in [0.1, 0.15) is 58.7 Å². The van der Waals surface area contributed by atoms with Gasteiger partial charge in [-0.25, -0.2) is 52.7 Å². The van der Waals surface area contributed by atoms with Crippen molar-refractivity contribution in [3.05, 3.63) is 102 Å². The van der Waals surface area contributed by atoms with Crippen LogP contribution in [-0.4, -0.2) is 25.6 Å². The van der Waals surface area contributed by atoms with Gasteiger partial charge in [0.05, 0.1) is 42.9 Å². The number of rotatable bonds is 1. The number of alkyl halides is 6. The van der Waals surface area contributed by atoms with Crippen molar-refractivity contribution in [3.63, 3.8) is 0 Å². The van der Waals surface area contributed by atoms with E-state index in [0.29, 0.717) is 0 Å². The van der Waals surface area contributed by atoms with Gasteiger partial charge in [0.2, 0.25) is 5.41 Å². The largest absolute Gasteiger partial charge is 0.411 e. The molecule has 0 unspecified atom stereocenters. The fourth-order valence-corrected chi connectivity index (χ4v) is 6.90. The van der Waals surface area contributed by atoms with Crippen molar-refractivity contribution in [3.8, 4) is 18.2 Å². The van der Waals surface area contributed by atoms with Gasteiger partial charge in [-0.15, -0.1) is 0 Å². The van der Waals surface area contributed by atoms with E-state index in [1.165, 1.54) is 0 Å². The monoisotopic (exact) mass is 810 g/mol. The summed E-state index contributed by atoms with van der Waals surface area (Å²) in [6.07, 6.45) is -14.5. The third kappa shape index (κ3) is 4.42. The normalized spacial score (nSPS) is 14.3. The summed E-state index contributed by atoms with van der Waals surface area (Å²) in [4.78, 5) is 3.10. The van der Waals surface area contributed by atoms with Gasteiger partial charge in [-0.2, -0.15) is 42.1 Å². The highest BCUT2D eigenvalue weighted by Gasteiger charge is 2.76. The SMILES string of the molecule is C/N=C/C(C#N)=c1\c(F)c(F)c2c(c1F)C(C(F)(F)F)(C(F)(F)F)c1c=2c(F)c(F)c2c(F)c3c(F)c4c(F)c(=C(C#N)C#N)c(F)c(F)c4c(F)c3c(F)c12. The molecule has 22 heteroatoms. The lowest BCUT2D eigenvalue weighted by Crippen LogP contribution is -2.55. The van der Waals surface area contributed by atoms with E-state index in [9.17, 15) is 9.65 Å². The van der Waals surface area contributed by atoms with Crippen LogP contribution in [0.15, 0.2) is 4.99 Å². The molecule has 0 saturated heterocycles. The lowest BCUT2D eigenvalue weighted by Gasteiger charge is -2.37. The number of nitrogens with zero attached hydrogens (tertiary/aromatic N) is 4. The van der Waals surface area contributed by atoms with Crippen molar-refractivity contribution in [2.45, 2.75) is 17.8 Å². The Labute approximate surface area is 294 Å². The summed E-state index contributed by atoms with van der Waals surface area (Å²) in [6, 6.07) is 2.60. The molecule has 1 aliphatic carbocycles. The van der Waals surface area contributed by atoms with Crippen molar-refractivity contribution >= 4 is 49.7 Å². The van der Waals surface area contributed by atoms with Crippen molar-refractivity contribution in [2.24, 2.45) is 4.99 Å². The lowest BCUT2D eigenvalue weighted by atomic mass is 9.73. The quantitative estimate of drug-likeness (QED) is 0.0739. The van der Waals surface area contributed by atoms with Crippen molar-refractivity contribution < 1.29 is 79.0 Å². The minimum absolute atomic E-state index is 0.115. The van der Waals surface area contributed by atoms with Gasteiger partial charge < -0.3 is 0 Å². The zero-order chi connectivity index (χ0) is 42.0. The molecule has 286 valence electrons. The molecule has 56 heavy (non-hydrogen) atoms. The summed E-state index contributed by atoms with van der Waals surface area (Å²) >= 11 is 0. The highest BCUT2D eigenvalue weighted by atomic mass is 19.4. The van der Waals surface area contributed by atoms with Gasteiger partial charge in [-0.1, -0.05) is 0 Å². The standard InChI is InChI=1S/C34H4F18N4/c1-56-5-7(4-55)9-25(40)19-11(29(44)27(9)42)10-18(32(19,33(47,48)49)34(50,51)52)12-13(30(45)28(10)43)22(37)15-14(21(12)36)24(39)17-16(23(15)38)20(35)8(6(2-53)3-54)26(41)31(17)46/h5H,1H3/b9-7-,56-5+. The van der Waals surface area contributed by atoms with Crippen molar-refractivity contribution in [2.75, 3.05) is 7.05 Å². The van der Waals surface area contributed by atoms with Crippen LogP contribution in [0.5, 0.6) is 0 Å². The summed E-state index contributed by atoms with van der Waals surface area (Å²) < 4.78 is 282. The predicted octanol–water partition coefficient (Wildman–Crippen LogP) is 8.40. The van der Waals surface area contributed by atoms with E-state index in [1.807, 2.05) is 0 Å². The van der Waals surface area contributed by atoms with Gasteiger partial charge in [0, 0.05) is 40.2 Å². The summed E-state index contributed by atoms with van der Waals surface area (Å²) in [6.45, 7) is 0. The third-order valence-corrected chi connectivity index (χ3v) is 9.00. The van der Waals surface area contributed by atoms with Crippen molar-refractivity contribution in [1.82, 2.24) is 0 Å². The Morgan fingerprint density at radius 2 is 0.839 bits per heavy atom. The van der Waals surface area contributed by atoms with E-state index in [2.05, 4.69) is 4.99 Å². The molecular weight excluding hydrogens is 806 g/mol. The van der Waals surface area contributed by atoms with Gasteiger partial charge in [-0.3, -0.25) is 4.99 Å². The van der Waals surface area contributed by atoms with Crippen LogP contribution < -0.4 is 10.4 Å². The molecule has 0 N–H and O–H groups in total. The first-order valence-corrected chi connectivity index (χ1v) is 14.3. The molecule has 0 fully saturated rings. The number of halogens is 18. The fraction of sp³-hybridized carbons (Fsp3) is 0.118. The average Bonchev–Trinajstić information content (AvgIpc) is 3.46. The second kappa shape index (κ2) is 12.3. The van der Waals surface area contributed by atoms with Crippen molar-refractivity contribution in [1.29, 1.82) is 15.8 Å². The van der Waals surface area contributed by atoms with Gasteiger partial charge in [-0.05, 0) is 0 Å². The second-order valence-electron chi connectivity index (χ2n) is 11.5. The molecule has 1 aliphatic rings. The topological polar surface area (TPSA) is 83.7 Å². The molecule has 4 nitrogen and oxygen atoms in total. The van der Waals surface area contributed by atoms with Crippen LogP contribution in [0, 0.1) is 114 Å². The summed E-state index contributed by atoms with van der Waals surface area (Å²) in [5.41, 5.74) is -16.2. The molecule has 6 rings (SSSR count). The highest BCUT2D eigenvalue weighted by Crippen LogP contribution is 2.62. The maximum atomic E-state index is 16.7. The Morgan fingerprint density at radius 1 is 0.464 bits per heavy atom. The number of benzene rings is 5. The zero-order valence-corrected chi connectivity index (χ0v) is 26.2. The number of fused-ring (bicyclic) bond motifs is 6. The molecule has 0 amide bonds. The first-order chi connectivity index (χ1) is 26.0. The first-order valence-electron chi connectivity index (χ1n) is 14.3. The van der Waals surface area contributed by atoms with Gasteiger partial charge in [0.15, 0.2) is 34.9 Å². The van der Waals surface area contributed by atoms with Crippen LogP contribution in [0.25, 0.3) is 43.5 Å². The zero-order valence-electron chi connectivity index (χ0n) is 26.2. The molecule has 5 aromatic rings. The number of hydrogen-bond donors (Lipinski definition) is 0. The minimum Gasteiger partial charge on any atom is -0.295 e. The maximum absolute atomic E-state index is 16.7. The molecule has 0 heterocycles. The summed E-state index contributed by atoms with van der Waals surface area (Å²) in [5, 5.41) is 1.77. The van der Waals surface area contributed by atoms with E-state index in [0.717, 1.165) is 25.3 Å². The molecule has 0 atom stereocenters. The van der Waals surface area contributed by atoms with Crippen LogP contribution in [0.3, 0.4) is 0 Å². The predicted molar refractivity (Wildman–Crippen MR) is 153 cm³/mol. The molecule has 5 aromatic carbocycles. The van der Waals surface area contributed by atoms with Crippen LogP contribution in [0.4, 0.5) is 79.0 Å². The average molecular weight is 810 g/mol. The number of hydrogen-bond acceptors (Lipinski definition) is 4. The minimum atomic E-state index is -7.30. The van der Waals surface area contributed by atoms with Gasteiger partial charge >= 0.3 is 12.4 Å². The van der Waals surface area contributed by atoms with E-state index >= 15 is 74.6 Å². The molecular formula is C34H4F18N4. The molecule has 0 radical (unpaired) electrons. The smallest absolute Gasteiger partial charge is 0.295 e. The van der Waals surface area contributed by atoms with Crippen LogP contribution in [0.1, 0.15) is 11.1 Å². The third-order valence-electron chi connectivity index (χ3n) is 9.00.